The van der Waals surface area contributed by atoms with Crippen LogP contribution in [-0.4, -0.2) is 97.4 Å². The van der Waals surface area contributed by atoms with Gasteiger partial charge in [-0.2, -0.15) is 0 Å². The summed E-state index contributed by atoms with van der Waals surface area (Å²) in [4.78, 5) is 48.6. The summed E-state index contributed by atoms with van der Waals surface area (Å²) in [6.07, 6.45) is 4.24. The van der Waals surface area contributed by atoms with Gasteiger partial charge in [0, 0.05) is 57.9 Å². The number of rotatable bonds is 15. The highest BCUT2D eigenvalue weighted by Gasteiger charge is 2.61. The average molecular weight is 663 g/mol. The molecule has 1 aliphatic carbocycles. The fraction of sp³-hybridized carbons (Fsp3) is 0.486. The van der Waals surface area contributed by atoms with Crippen molar-refractivity contribution in [1.82, 2.24) is 30.7 Å². The Hall–Kier alpha value is -4.00. The van der Waals surface area contributed by atoms with Crippen LogP contribution in [0, 0.1) is 5.92 Å². The van der Waals surface area contributed by atoms with Crippen molar-refractivity contribution in [2.24, 2.45) is 5.92 Å². The molecule has 47 heavy (non-hydrogen) atoms. The first-order valence-electron chi connectivity index (χ1n) is 16.3. The van der Waals surface area contributed by atoms with Crippen LogP contribution in [-0.2, 0) is 33.7 Å². The van der Waals surface area contributed by atoms with E-state index in [9.17, 15) is 14.4 Å². The van der Waals surface area contributed by atoms with Gasteiger partial charge in [0.25, 0.3) is 0 Å². The predicted molar refractivity (Wildman–Crippen MR) is 181 cm³/mol. The van der Waals surface area contributed by atoms with Gasteiger partial charge in [0.1, 0.15) is 12.1 Å². The molecule has 2 aromatic carbocycles. The Kier molecular flexibility index (Phi) is 12.2. The van der Waals surface area contributed by atoms with Gasteiger partial charge in [-0.3, -0.25) is 14.7 Å². The molecule has 252 valence electrons. The number of morpholine rings is 1. The molecular formula is C35H46N6O5S. The molecule has 1 saturated heterocycles. The first kappa shape index (κ1) is 34.3. The second-order valence-electron chi connectivity index (χ2n) is 12.6. The zero-order valence-electron chi connectivity index (χ0n) is 27.2. The highest BCUT2D eigenvalue weighted by Crippen LogP contribution is 2.45. The summed E-state index contributed by atoms with van der Waals surface area (Å²) < 4.78 is 11.0. The largest absolute Gasteiger partial charge is 0.444 e. The second kappa shape index (κ2) is 16.7. The molecular weight excluding hydrogens is 616 g/mol. The third kappa shape index (κ3) is 10.2. The van der Waals surface area contributed by atoms with Gasteiger partial charge >= 0.3 is 12.1 Å². The number of urea groups is 1. The average Bonchev–Trinajstić information content (AvgIpc) is 3.49. The van der Waals surface area contributed by atoms with Crippen LogP contribution >= 0.6 is 11.3 Å². The lowest BCUT2D eigenvalue weighted by molar-refractivity contribution is -0.125. The number of aromatic nitrogens is 1. The second-order valence-corrected chi connectivity index (χ2v) is 13.6. The van der Waals surface area contributed by atoms with Crippen LogP contribution in [0.15, 0.2) is 72.4 Å². The van der Waals surface area contributed by atoms with Crippen LogP contribution in [0.25, 0.3) is 0 Å². The molecule has 5 rings (SSSR count). The van der Waals surface area contributed by atoms with E-state index in [0.717, 1.165) is 35.6 Å². The quantitative estimate of drug-likeness (QED) is 0.226. The predicted octanol–water partition coefficient (Wildman–Crippen LogP) is 3.85. The van der Waals surface area contributed by atoms with Crippen molar-refractivity contribution in [3.05, 3.63) is 88.4 Å². The van der Waals surface area contributed by atoms with E-state index in [2.05, 4.69) is 38.0 Å². The molecule has 0 spiro atoms. The summed E-state index contributed by atoms with van der Waals surface area (Å²) in [6.45, 7) is 3.86. The van der Waals surface area contributed by atoms with Gasteiger partial charge in [-0.15, -0.1) is 11.3 Å². The van der Waals surface area contributed by atoms with E-state index in [4.69, 9.17) is 9.47 Å². The maximum absolute atomic E-state index is 14.2. The topological polar surface area (TPSA) is 125 Å². The number of carbonyl (C=O) groups excluding carboxylic acids is 3. The Bertz CT molecular complexity index is 1420. The Balaban J connectivity index is 1.29. The van der Waals surface area contributed by atoms with Crippen molar-refractivity contribution in [2.75, 3.05) is 46.9 Å². The van der Waals surface area contributed by atoms with E-state index >= 15 is 0 Å². The monoisotopic (exact) mass is 662 g/mol. The van der Waals surface area contributed by atoms with Gasteiger partial charge in [0.15, 0.2) is 0 Å². The summed E-state index contributed by atoms with van der Waals surface area (Å²) >= 11 is 1.44. The van der Waals surface area contributed by atoms with Crippen LogP contribution in [0.4, 0.5) is 9.59 Å². The molecule has 1 saturated carbocycles. The molecule has 2 unspecified atom stereocenters. The van der Waals surface area contributed by atoms with Crippen molar-refractivity contribution < 1.29 is 23.9 Å². The first-order valence-corrected chi connectivity index (χ1v) is 17.2. The minimum Gasteiger partial charge on any atom is -0.444 e. The number of nitrogens with zero attached hydrogens (tertiary/aromatic N) is 3. The highest BCUT2D eigenvalue weighted by atomic mass is 32.1. The molecule has 11 nitrogen and oxygen atoms in total. The van der Waals surface area contributed by atoms with E-state index in [1.54, 1.807) is 25.8 Å². The fourth-order valence-electron chi connectivity index (χ4n) is 6.06. The number of nitrogens with one attached hydrogen (secondary N) is 3. The summed E-state index contributed by atoms with van der Waals surface area (Å²) in [5, 5.41) is 9.46. The smallest absolute Gasteiger partial charge is 0.407 e. The van der Waals surface area contributed by atoms with Gasteiger partial charge < -0.3 is 30.3 Å². The summed E-state index contributed by atoms with van der Waals surface area (Å²) in [5.74, 6) is -0.161. The lowest BCUT2D eigenvalue weighted by Crippen LogP contribution is -2.56. The van der Waals surface area contributed by atoms with E-state index in [1.165, 1.54) is 16.2 Å². The number of ether oxygens (including phenoxy) is 2. The zero-order valence-corrected chi connectivity index (χ0v) is 28.0. The third-order valence-corrected chi connectivity index (χ3v) is 9.58. The van der Waals surface area contributed by atoms with Crippen molar-refractivity contribution in [2.45, 2.75) is 56.3 Å². The molecule has 2 aliphatic rings. The van der Waals surface area contributed by atoms with Gasteiger partial charge in [-0.25, -0.2) is 9.59 Å². The van der Waals surface area contributed by atoms with Crippen LogP contribution in [0.3, 0.4) is 0 Å². The number of benzene rings is 2. The van der Waals surface area contributed by atoms with Crippen LogP contribution < -0.4 is 16.0 Å². The van der Waals surface area contributed by atoms with Crippen LogP contribution in [0.5, 0.6) is 0 Å². The molecule has 2 fully saturated rings. The number of thiazole rings is 1. The van der Waals surface area contributed by atoms with E-state index in [0.29, 0.717) is 45.3 Å². The zero-order chi connectivity index (χ0) is 33.1. The van der Waals surface area contributed by atoms with Gasteiger partial charge in [-0.05, 0) is 43.2 Å². The Morgan fingerprint density at radius 3 is 2.17 bits per heavy atom. The lowest BCUT2D eigenvalue weighted by atomic mass is 9.95. The van der Waals surface area contributed by atoms with Gasteiger partial charge in [-0.1, -0.05) is 60.7 Å². The Labute approximate surface area is 281 Å². The minimum atomic E-state index is -0.975. The van der Waals surface area contributed by atoms with Crippen LogP contribution in [0.2, 0.25) is 0 Å². The van der Waals surface area contributed by atoms with Gasteiger partial charge in [0.05, 0.1) is 23.6 Å². The van der Waals surface area contributed by atoms with Crippen molar-refractivity contribution in [1.29, 1.82) is 0 Å². The molecule has 0 bridgehead atoms. The molecule has 12 heteroatoms. The van der Waals surface area contributed by atoms with Crippen molar-refractivity contribution in [3.8, 4) is 0 Å². The number of hydrogen-bond donors (Lipinski definition) is 3. The minimum absolute atomic E-state index is 0.00249. The molecule has 3 N–H and O–H groups in total. The third-order valence-electron chi connectivity index (χ3n) is 8.83. The first-order chi connectivity index (χ1) is 22.8. The molecule has 1 aliphatic heterocycles. The number of hydrogen-bond acceptors (Lipinski definition) is 8. The van der Waals surface area contributed by atoms with Crippen molar-refractivity contribution >= 4 is 29.4 Å². The van der Waals surface area contributed by atoms with Gasteiger partial charge in [0.2, 0.25) is 5.91 Å². The summed E-state index contributed by atoms with van der Waals surface area (Å²) in [5.41, 5.74) is 2.93. The van der Waals surface area contributed by atoms with E-state index in [-0.39, 0.29) is 36.5 Å². The number of amides is 4. The van der Waals surface area contributed by atoms with Crippen molar-refractivity contribution in [3.63, 3.8) is 0 Å². The van der Waals surface area contributed by atoms with Crippen LogP contribution in [0.1, 0.15) is 35.3 Å². The normalized spacial score (nSPS) is 20.4. The fourth-order valence-corrected chi connectivity index (χ4v) is 6.56. The maximum atomic E-state index is 14.2. The number of alkyl carbamates (subject to hydrolysis) is 1. The Morgan fingerprint density at radius 2 is 1.60 bits per heavy atom. The molecule has 4 amide bonds. The highest BCUT2D eigenvalue weighted by molar-refractivity contribution is 7.09. The van der Waals surface area contributed by atoms with E-state index in [1.807, 2.05) is 48.5 Å². The SMILES string of the molecule is CN(C)C(=O)NC1(C(=O)N[C@H](CC[C@H](Cc2ccccc2)NC(=O)OCc2cncs2)Cc2ccccc2)CC1CN1CCOCC1. The summed E-state index contributed by atoms with van der Waals surface area (Å²) in [6, 6.07) is 19.3. The Morgan fingerprint density at radius 1 is 0.979 bits per heavy atom. The molecule has 4 atom stereocenters. The molecule has 1 aromatic heterocycles. The number of carbonyl (C=O) groups is 3. The molecule has 3 aromatic rings. The summed E-state index contributed by atoms with van der Waals surface area (Å²) in [7, 11) is 3.36. The molecule has 2 heterocycles. The lowest BCUT2D eigenvalue weighted by Gasteiger charge is -2.29. The molecule has 0 radical (unpaired) electrons. The van der Waals surface area contributed by atoms with E-state index < -0.39 is 11.6 Å². The maximum Gasteiger partial charge on any atom is 0.407 e. The standard InChI is InChI=1S/C35H46N6O5S/c1-40(2)33(43)39-35(21-28(35)23-41-15-17-45-18-16-41)32(42)37-29(19-26-9-5-3-6-10-26)13-14-30(20-27-11-7-4-8-12-27)38-34(44)46-24-31-22-36-25-47-31/h3-12,22,25,28-30H,13-21,23-24H2,1-2H3,(H,37,42)(H,38,44)(H,39,43)/t28?,29-,30-,35?/m1/s1.